The van der Waals surface area contributed by atoms with E-state index in [9.17, 15) is 12.9 Å². The van der Waals surface area contributed by atoms with Crippen LogP contribution in [-0.2, 0) is 14.5 Å². The lowest BCUT2D eigenvalue weighted by Crippen LogP contribution is -2.17. The summed E-state index contributed by atoms with van der Waals surface area (Å²) in [6.07, 6.45) is 2.78. The third-order valence-electron chi connectivity index (χ3n) is 1.80. The quantitative estimate of drug-likeness (QED) is 0.621. The second-order valence-corrected chi connectivity index (χ2v) is 4.24. The van der Waals surface area contributed by atoms with Crippen molar-refractivity contribution in [1.82, 2.24) is 0 Å². The van der Waals surface area contributed by atoms with Crippen LogP contribution in [0.4, 0.5) is 4.53 Å². The fourth-order valence-corrected chi connectivity index (χ4v) is 2.24. The second kappa shape index (κ2) is 2.84. The SMILES string of the molecule is O=S(=O)(OF)C1CCCC1. The molecule has 1 fully saturated rings. The Kier molecular flexibility index (Phi) is 2.25. The smallest absolute Gasteiger partial charge is 0.197 e. The number of hydrogen-bond donors (Lipinski definition) is 0. The molecule has 0 N–H and O–H groups in total. The number of hydrogen-bond acceptors (Lipinski definition) is 3. The van der Waals surface area contributed by atoms with E-state index in [-0.39, 0.29) is 0 Å². The minimum Gasteiger partial charge on any atom is -0.197 e. The summed E-state index contributed by atoms with van der Waals surface area (Å²) in [5.74, 6) is 0. The molecule has 0 heterocycles. The normalized spacial score (nSPS) is 21.7. The van der Waals surface area contributed by atoms with Crippen molar-refractivity contribution in [2.45, 2.75) is 30.9 Å². The van der Waals surface area contributed by atoms with E-state index in [0.29, 0.717) is 12.8 Å². The predicted molar refractivity (Wildman–Crippen MR) is 33.4 cm³/mol. The van der Waals surface area contributed by atoms with E-state index in [4.69, 9.17) is 0 Å². The zero-order chi connectivity index (χ0) is 7.61. The van der Waals surface area contributed by atoms with Crippen molar-refractivity contribution in [2.75, 3.05) is 0 Å². The molecule has 60 valence electrons. The van der Waals surface area contributed by atoms with Crippen LogP contribution in [0.1, 0.15) is 25.7 Å². The van der Waals surface area contributed by atoms with Gasteiger partial charge in [0, 0.05) is 0 Å². The third-order valence-corrected chi connectivity index (χ3v) is 3.26. The Balaban J connectivity index is 2.63. The Morgan fingerprint density at radius 2 is 1.80 bits per heavy atom. The lowest BCUT2D eigenvalue weighted by molar-refractivity contribution is 0.00115. The van der Waals surface area contributed by atoms with Crippen LogP contribution >= 0.6 is 0 Å². The van der Waals surface area contributed by atoms with Crippen LogP contribution in [0.25, 0.3) is 0 Å². The van der Waals surface area contributed by atoms with Crippen molar-refractivity contribution in [3.8, 4) is 0 Å². The Bertz CT molecular complexity index is 193. The Morgan fingerprint density at radius 3 is 2.20 bits per heavy atom. The molecule has 0 amide bonds. The molecule has 0 bridgehead atoms. The predicted octanol–water partition coefficient (Wildman–Crippen LogP) is 1.16. The lowest BCUT2D eigenvalue weighted by Gasteiger charge is -2.03. The fraction of sp³-hybridized carbons (Fsp3) is 1.00. The van der Waals surface area contributed by atoms with Gasteiger partial charge < -0.3 is 0 Å². The van der Waals surface area contributed by atoms with Crippen LogP contribution in [0, 0.1) is 0 Å². The minimum atomic E-state index is -3.86. The van der Waals surface area contributed by atoms with Crippen molar-refractivity contribution in [1.29, 1.82) is 0 Å². The van der Waals surface area contributed by atoms with Crippen LogP contribution < -0.4 is 0 Å². The molecule has 10 heavy (non-hydrogen) atoms. The van der Waals surface area contributed by atoms with Gasteiger partial charge in [-0.3, -0.25) is 0 Å². The molecule has 0 aliphatic heterocycles. The first-order chi connectivity index (χ1) is 4.67. The van der Waals surface area contributed by atoms with Gasteiger partial charge in [-0.25, -0.2) is 0 Å². The maximum atomic E-state index is 11.3. The highest BCUT2D eigenvalue weighted by Gasteiger charge is 2.30. The summed E-state index contributed by atoms with van der Waals surface area (Å²) >= 11 is 0. The molecule has 0 radical (unpaired) electrons. The Labute approximate surface area is 59.2 Å². The topological polar surface area (TPSA) is 43.4 Å². The Hall–Kier alpha value is -0.160. The van der Waals surface area contributed by atoms with Gasteiger partial charge in [-0.15, -0.1) is 0 Å². The van der Waals surface area contributed by atoms with Gasteiger partial charge in [-0.1, -0.05) is 17.2 Å². The van der Waals surface area contributed by atoms with Gasteiger partial charge in [-0.2, -0.15) is 8.42 Å². The summed E-state index contributed by atoms with van der Waals surface area (Å²) in [6.45, 7) is 0. The van der Waals surface area contributed by atoms with Crippen LogP contribution in [0.2, 0.25) is 0 Å². The number of rotatable bonds is 2. The molecule has 1 rings (SSSR count). The van der Waals surface area contributed by atoms with Gasteiger partial charge in [0.25, 0.3) is 0 Å². The van der Waals surface area contributed by atoms with E-state index in [0.717, 1.165) is 12.8 Å². The van der Waals surface area contributed by atoms with Gasteiger partial charge in [0.15, 0.2) is 0 Å². The van der Waals surface area contributed by atoms with E-state index in [1.807, 2.05) is 0 Å². The van der Waals surface area contributed by atoms with Crippen molar-refractivity contribution >= 4 is 10.1 Å². The molecular weight excluding hydrogens is 159 g/mol. The molecule has 1 aliphatic rings. The van der Waals surface area contributed by atoms with Crippen molar-refractivity contribution in [2.24, 2.45) is 0 Å². The summed E-state index contributed by atoms with van der Waals surface area (Å²) in [7, 11) is -3.86. The van der Waals surface area contributed by atoms with E-state index < -0.39 is 15.4 Å². The minimum absolute atomic E-state index is 0.534. The van der Waals surface area contributed by atoms with Crippen LogP contribution in [0.15, 0.2) is 0 Å². The molecule has 1 saturated carbocycles. The van der Waals surface area contributed by atoms with E-state index >= 15 is 0 Å². The summed E-state index contributed by atoms with van der Waals surface area (Å²) in [5.41, 5.74) is 0. The highest BCUT2D eigenvalue weighted by atomic mass is 32.2. The largest absolute Gasteiger partial charge is 0.300 e. The monoisotopic (exact) mass is 168 g/mol. The van der Waals surface area contributed by atoms with Crippen LogP contribution in [0.3, 0.4) is 0 Å². The highest BCUT2D eigenvalue weighted by molar-refractivity contribution is 7.87. The van der Waals surface area contributed by atoms with Gasteiger partial charge in [0.1, 0.15) is 0 Å². The first-order valence-corrected chi connectivity index (χ1v) is 4.68. The zero-order valence-corrected chi connectivity index (χ0v) is 6.23. The summed E-state index contributed by atoms with van der Waals surface area (Å²) in [4.78, 5) is 0. The standard InChI is InChI=1S/C5H9FO3S/c6-9-10(7,8)5-3-1-2-4-5/h5H,1-4H2. The average molecular weight is 168 g/mol. The van der Waals surface area contributed by atoms with Crippen LogP contribution in [-0.4, -0.2) is 13.7 Å². The molecule has 0 aromatic heterocycles. The molecule has 0 spiro atoms. The van der Waals surface area contributed by atoms with Gasteiger partial charge in [0.2, 0.25) is 0 Å². The third kappa shape index (κ3) is 1.46. The molecule has 0 aromatic carbocycles. The van der Waals surface area contributed by atoms with Crippen LogP contribution in [0.5, 0.6) is 0 Å². The molecule has 5 heteroatoms. The lowest BCUT2D eigenvalue weighted by atomic mass is 10.4. The summed E-state index contributed by atoms with van der Waals surface area (Å²) in [6, 6.07) is 0. The average Bonchev–Trinajstić information content (AvgIpc) is 2.38. The summed E-state index contributed by atoms with van der Waals surface area (Å²) in [5, 5.41) is -0.600. The van der Waals surface area contributed by atoms with E-state index in [1.165, 1.54) is 0 Å². The van der Waals surface area contributed by atoms with Gasteiger partial charge in [0.05, 0.1) is 5.25 Å². The second-order valence-electron chi connectivity index (χ2n) is 2.46. The van der Waals surface area contributed by atoms with Crippen molar-refractivity contribution in [3.05, 3.63) is 0 Å². The molecule has 1 aliphatic carbocycles. The molecule has 0 unspecified atom stereocenters. The first-order valence-electron chi connectivity index (χ1n) is 3.21. The van der Waals surface area contributed by atoms with Crippen molar-refractivity contribution in [3.63, 3.8) is 0 Å². The molecular formula is C5H9FO3S. The maximum Gasteiger partial charge on any atom is 0.300 e. The molecule has 0 saturated heterocycles. The van der Waals surface area contributed by atoms with E-state index in [2.05, 4.69) is 4.39 Å². The zero-order valence-electron chi connectivity index (χ0n) is 5.42. The van der Waals surface area contributed by atoms with Gasteiger partial charge in [-0.05, 0) is 17.4 Å². The Morgan fingerprint density at radius 1 is 1.30 bits per heavy atom. The molecule has 0 atom stereocenters. The molecule has 3 nitrogen and oxygen atoms in total. The van der Waals surface area contributed by atoms with E-state index in [1.54, 1.807) is 0 Å². The first kappa shape index (κ1) is 7.94. The fourth-order valence-electron chi connectivity index (χ4n) is 1.23. The molecule has 0 aromatic rings. The van der Waals surface area contributed by atoms with Gasteiger partial charge >= 0.3 is 10.1 Å². The van der Waals surface area contributed by atoms with Crippen molar-refractivity contribution < 1.29 is 17.3 Å². The maximum absolute atomic E-state index is 11.3. The summed E-state index contributed by atoms with van der Waals surface area (Å²) < 4.78 is 35.4. The number of halogens is 1. The highest BCUT2D eigenvalue weighted by Crippen LogP contribution is 2.25.